The third-order valence-corrected chi connectivity index (χ3v) is 4.80. The van der Waals surface area contributed by atoms with Crippen LogP contribution >= 0.6 is 11.8 Å². The van der Waals surface area contributed by atoms with Crippen LogP contribution in [0.3, 0.4) is 0 Å². The monoisotopic (exact) mass is 295 g/mol. The van der Waals surface area contributed by atoms with Gasteiger partial charge in [-0.3, -0.25) is 4.79 Å². The number of nitrogens with one attached hydrogen (secondary N) is 1. The van der Waals surface area contributed by atoms with Gasteiger partial charge < -0.3 is 10.1 Å². The second-order valence-corrected chi connectivity index (χ2v) is 6.35. The fourth-order valence-corrected chi connectivity index (χ4v) is 3.60. The standard InChI is InChI=1S/C14H21N3O2S/c1-4-19-12(18)14(15-3)6-5-11(7-14)20-13-16-8-10(2)9-17-13/h8-9,11,15H,4-7H2,1-3H3. The molecule has 0 aromatic carbocycles. The molecule has 110 valence electrons. The van der Waals surface area contributed by atoms with Crippen molar-refractivity contribution in [2.75, 3.05) is 13.7 Å². The predicted molar refractivity (Wildman–Crippen MR) is 78.7 cm³/mol. The number of aromatic nitrogens is 2. The summed E-state index contributed by atoms with van der Waals surface area (Å²) >= 11 is 1.64. The fourth-order valence-electron chi connectivity index (χ4n) is 2.48. The van der Waals surface area contributed by atoms with Crippen molar-refractivity contribution >= 4 is 17.7 Å². The van der Waals surface area contributed by atoms with Gasteiger partial charge >= 0.3 is 5.97 Å². The number of carbonyl (C=O) groups excluding carboxylic acids is 1. The van der Waals surface area contributed by atoms with Crippen molar-refractivity contribution in [3.05, 3.63) is 18.0 Å². The third-order valence-electron chi connectivity index (χ3n) is 3.64. The van der Waals surface area contributed by atoms with Crippen LogP contribution in [0.5, 0.6) is 0 Å². The number of rotatable bonds is 5. The highest BCUT2D eigenvalue weighted by Crippen LogP contribution is 2.39. The van der Waals surface area contributed by atoms with E-state index in [2.05, 4.69) is 15.3 Å². The minimum absolute atomic E-state index is 0.143. The molecule has 20 heavy (non-hydrogen) atoms. The average molecular weight is 295 g/mol. The van der Waals surface area contributed by atoms with Gasteiger partial charge in [-0.1, -0.05) is 11.8 Å². The molecule has 2 atom stereocenters. The molecule has 0 saturated heterocycles. The molecule has 1 fully saturated rings. The number of thioether (sulfide) groups is 1. The van der Waals surface area contributed by atoms with E-state index in [1.165, 1.54) is 0 Å². The van der Waals surface area contributed by atoms with Gasteiger partial charge in [0, 0.05) is 17.6 Å². The quantitative estimate of drug-likeness (QED) is 0.661. The van der Waals surface area contributed by atoms with Crippen LogP contribution in [-0.2, 0) is 9.53 Å². The molecule has 1 aliphatic carbocycles. The van der Waals surface area contributed by atoms with Gasteiger partial charge in [0.2, 0.25) is 0 Å². The molecule has 1 aromatic heterocycles. The highest BCUT2D eigenvalue weighted by Gasteiger charge is 2.45. The van der Waals surface area contributed by atoms with Crippen LogP contribution in [0.15, 0.2) is 17.6 Å². The average Bonchev–Trinajstić information content (AvgIpc) is 2.86. The van der Waals surface area contributed by atoms with E-state index < -0.39 is 5.54 Å². The zero-order valence-corrected chi connectivity index (χ0v) is 13.0. The van der Waals surface area contributed by atoms with Crippen molar-refractivity contribution in [3.8, 4) is 0 Å². The molecule has 0 amide bonds. The maximum Gasteiger partial charge on any atom is 0.326 e. The zero-order chi connectivity index (χ0) is 14.6. The number of esters is 1. The van der Waals surface area contributed by atoms with Crippen molar-refractivity contribution in [3.63, 3.8) is 0 Å². The van der Waals surface area contributed by atoms with Crippen LogP contribution in [0, 0.1) is 6.92 Å². The van der Waals surface area contributed by atoms with Gasteiger partial charge in [-0.25, -0.2) is 9.97 Å². The molecule has 0 spiro atoms. The number of nitrogens with zero attached hydrogens (tertiary/aromatic N) is 2. The molecule has 1 aromatic rings. The van der Waals surface area contributed by atoms with Gasteiger partial charge in [0.15, 0.2) is 5.16 Å². The van der Waals surface area contributed by atoms with Gasteiger partial charge in [-0.2, -0.15) is 0 Å². The van der Waals surface area contributed by atoms with E-state index in [0.29, 0.717) is 11.9 Å². The van der Waals surface area contributed by atoms with Crippen molar-refractivity contribution in [1.29, 1.82) is 0 Å². The first kappa shape index (κ1) is 15.3. The summed E-state index contributed by atoms with van der Waals surface area (Å²) in [6, 6.07) is 0. The Morgan fingerprint density at radius 3 is 2.85 bits per heavy atom. The molecular formula is C14H21N3O2S. The van der Waals surface area contributed by atoms with Crippen molar-refractivity contribution < 1.29 is 9.53 Å². The van der Waals surface area contributed by atoms with E-state index in [4.69, 9.17) is 4.74 Å². The Morgan fingerprint density at radius 1 is 1.55 bits per heavy atom. The minimum Gasteiger partial charge on any atom is -0.465 e. The number of likely N-dealkylation sites (N-methyl/N-ethyl adjacent to an activating group) is 1. The van der Waals surface area contributed by atoms with Crippen LogP contribution in [0.4, 0.5) is 0 Å². The largest absolute Gasteiger partial charge is 0.465 e. The lowest BCUT2D eigenvalue weighted by atomic mass is 9.98. The van der Waals surface area contributed by atoms with Crippen LogP contribution in [0.25, 0.3) is 0 Å². The van der Waals surface area contributed by atoms with E-state index in [1.54, 1.807) is 11.8 Å². The molecular weight excluding hydrogens is 274 g/mol. The molecule has 5 nitrogen and oxygen atoms in total. The summed E-state index contributed by atoms with van der Waals surface area (Å²) in [7, 11) is 1.83. The van der Waals surface area contributed by atoms with E-state index in [9.17, 15) is 4.79 Å². The maximum absolute atomic E-state index is 12.1. The van der Waals surface area contributed by atoms with Gasteiger partial charge in [0.1, 0.15) is 5.54 Å². The Kier molecular flexibility index (Phi) is 4.99. The third kappa shape index (κ3) is 3.30. The number of ether oxygens (including phenoxy) is 1. The predicted octanol–water partition coefficient (Wildman–Crippen LogP) is 1.95. The molecule has 2 rings (SSSR count). The molecule has 6 heteroatoms. The normalized spacial score (nSPS) is 25.6. The summed E-state index contributed by atoms with van der Waals surface area (Å²) in [6.45, 7) is 4.22. The molecule has 1 heterocycles. The van der Waals surface area contributed by atoms with Crippen LogP contribution in [0.1, 0.15) is 31.7 Å². The van der Waals surface area contributed by atoms with Gasteiger partial charge in [0.05, 0.1) is 6.61 Å². The van der Waals surface area contributed by atoms with Gasteiger partial charge in [-0.05, 0) is 45.7 Å². The Bertz CT molecular complexity index is 466. The lowest BCUT2D eigenvalue weighted by Crippen LogP contribution is -2.49. The Balaban J connectivity index is 2.00. The maximum atomic E-state index is 12.1. The minimum atomic E-state index is -0.543. The van der Waals surface area contributed by atoms with Crippen LogP contribution in [0.2, 0.25) is 0 Å². The Morgan fingerprint density at radius 2 is 2.25 bits per heavy atom. The molecule has 0 bridgehead atoms. The summed E-state index contributed by atoms with van der Waals surface area (Å²) in [5.74, 6) is -0.143. The lowest BCUT2D eigenvalue weighted by molar-refractivity contribution is -0.150. The Labute approximate surface area is 123 Å². The molecule has 2 unspecified atom stereocenters. The SMILES string of the molecule is CCOC(=O)C1(NC)CCC(Sc2ncc(C)cn2)C1. The molecule has 1 saturated carbocycles. The second kappa shape index (κ2) is 6.54. The van der Waals surface area contributed by atoms with Crippen LogP contribution < -0.4 is 5.32 Å². The fraction of sp³-hybridized carbons (Fsp3) is 0.643. The van der Waals surface area contributed by atoms with Crippen molar-refractivity contribution in [1.82, 2.24) is 15.3 Å². The Hall–Kier alpha value is -1.14. The highest BCUT2D eigenvalue weighted by atomic mass is 32.2. The van der Waals surface area contributed by atoms with E-state index in [0.717, 1.165) is 30.0 Å². The van der Waals surface area contributed by atoms with E-state index in [-0.39, 0.29) is 5.97 Å². The smallest absolute Gasteiger partial charge is 0.326 e. The second-order valence-electron chi connectivity index (χ2n) is 5.08. The number of hydrogen-bond donors (Lipinski definition) is 1. The summed E-state index contributed by atoms with van der Waals surface area (Å²) < 4.78 is 5.19. The topological polar surface area (TPSA) is 64.1 Å². The zero-order valence-electron chi connectivity index (χ0n) is 12.2. The summed E-state index contributed by atoms with van der Waals surface area (Å²) in [4.78, 5) is 20.7. The molecule has 0 aliphatic heterocycles. The molecule has 0 radical (unpaired) electrons. The van der Waals surface area contributed by atoms with Gasteiger partial charge in [-0.15, -0.1) is 0 Å². The first-order valence-electron chi connectivity index (χ1n) is 6.91. The number of carbonyl (C=O) groups is 1. The lowest BCUT2D eigenvalue weighted by Gasteiger charge is -2.26. The van der Waals surface area contributed by atoms with Gasteiger partial charge in [0.25, 0.3) is 0 Å². The van der Waals surface area contributed by atoms with E-state index in [1.807, 2.05) is 33.3 Å². The summed E-state index contributed by atoms with van der Waals surface area (Å²) in [5.41, 5.74) is 0.509. The first-order valence-corrected chi connectivity index (χ1v) is 7.79. The number of hydrogen-bond acceptors (Lipinski definition) is 6. The number of aryl methyl sites for hydroxylation is 1. The molecule has 1 N–H and O–H groups in total. The highest BCUT2D eigenvalue weighted by molar-refractivity contribution is 7.99. The first-order chi connectivity index (χ1) is 9.59. The van der Waals surface area contributed by atoms with E-state index >= 15 is 0 Å². The molecule has 1 aliphatic rings. The van der Waals surface area contributed by atoms with Crippen LogP contribution in [-0.4, -0.2) is 40.4 Å². The van der Waals surface area contributed by atoms with Crippen molar-refractivity contribution in [2.45, 2.75) is 49.1 Å². The summed E-state index contributed by atoms with van der Waals surface area (Å²) in [6.07, 6.45) is 6.15. The van der Waals surface area contributed by atoms with Crippen molar-refractivity contribution in [2.24, 2.45) is 0 Å². The summed E-state index contributed by atoms with van der Waals surface area (Å²) in [5, 5.41) is 4.27.